The van der Waals surface area contributed by atoms with E-state index in [0.717, 1.165) is 70.6 Å². The monoisotopic (exact) mass is 1070 g/mol. The number of phosphoric ester groups is 1. The van der Waals surface area contributed by atoms with Crippen LogP contribution in [0.15, 0.2) is 60.8 Å². The molecule has 2 N–H and O–H groups in total. The molecule has 0 bridgehead atoms. The topological polar surface area (TPSA) is 108 Å². The number of rotatable bonds is 59. The summed E-state index contributed by atoms with van der Waals surface area (Å²) in [5, 5.41) is 14.1. The van der Waals surface area contributed by atoms with Crippen molar-refractivity contribution in [1.29, 1.82) is 0 Å². The van der Waals surface area contributed by atoms with Crippen molar-refractivity contribution in [3.63, 3.8) is 0 Å². The van der Waals surface area contributed by atoms with Crippen LogP contribution >= 0.6 is 7.82 Å². The molecule has 0 heterocycles. The maximum absolute atomic E-state index is 13.0. The molecule has 8 nitrogen and oxygen atoms in total. The second-order valence-electron chi connectivity index (χ2n) is 23.1. The van der Waals surface area contributed by atoms with Crippen LogP contribution in [-0.4, -0.2) is 68.5 Å². The summed E-state index contributed by atoms with van der Waals surface area (Å²) in [6.45, 7) is 4.65. The van der Waals surface area contributed by atoms with E-state index in [1.807, 2.05) is 21.1 Å². The van der Waals surface area contributed by atoms with Crippen LogP contribution in [0, 0.1) is 0 Å². The van der Waals surface area contributed by atoms with Gasteiger partial charge < -0.3 is 28.8 Å². The molecule has 3 atom stereocenters. The van der Waals surface area contributed by atoms with Crippen molar-refractivity contribution in [2.24, 2.45) is 0 Å². The highest BCUT2D eigenvalue weighted by atomic mass is 31.2. The molecule has 440 valence electrons. The van der Waals surface area contributed by atoms with E-state index in [-0.39, 0.29) is 19.1 Å². The van der Waals surface area contributed by atoms with Gasteiger partial charge in [0.1, 0.15) is 13.2 Å². The number of nitrogens with one attached hydrogen (secondary N) is 1. The average molecular weight is 1070 g/mol. The number of quaternary nitrogens is 1. The Morgan fingerprint density at radius 2 is 0.813 bits per heavy atom. The van der Waals surface area contributed by atoms with Crippen molar-refractivity contribution in [3.8, 4) is 0 Å². The molecule has 9 heteroatoms. The zero-order valence-corrected chi connectivity index (χ0v) is 51.1. The van der Waals surface area contributed by atoms with Crippen LogP contribution in [0.4, 0.5) is 0 Å². The van der Waals surface area contributed by atoms with Crippen LogP contribution in [0.1, 0.15) is 303 Å². The summed E-state index contributed by atoms with van der Waals surface area (Å²) in [6.07, 6.45) is 77.0. The van der Waals surface area contributed by atoms with Gasteiger partial charge in [-0.3, -0.25) is 9.36 Å². The molecule has 0 aliphatic carbocycles. The third-order valence-corrected chi connectivity index (χ3v) is 15.5. The van der Waals surface area contributed by atoms with E-state index in [2.05, 4.69) is 79.9 Å². The number of aliphatic hydroxyl groups excluding tert-OH is 1. The van der Waals surface area contributed by atoms with E-state index >= 15 is 0 Å². The number of nitrogens with zero attached hydrogens (tertiary/aromatic N) is 1. The van der Waals surface area contributed by atoms with E-state index in [0.29, 0.717) is 23.9 Å². The maximum atomic E-state index is 13.0. The third kappa shape index (κ3) is 59.7. The predicted octanol–water partition coefficient (Wildman–Crippen LogP) is 19.4. The van der Waals surface area contributed by atoms with Gasteiger partial charge in [0.2, 0.25) is 5.91 Å². The van der Waals surface area contributed by atoms with E-state index in [1.54, 1.807) is 0 Å². The quantitative estimate of drug-likeness (QED) is 0.0272. The summed E-state index contributed by atoms with van der Waals surface area (Å²) in [5.74, 6) is -0.162. The normalized spacial score (nSPS) is 14.2. The number of hydrogen-bond acceptors (Lipinski definition) is 6. The van der Waals surface area contributed by atoms with E-state index < -0.39 is 20.0 Å². The van der Waals surface area contributed by atoms with Crippen LogP contribution in [0.2, 0.25) is 0 Å². The molecule has 1 amide bonds. The maximum Gasteiger partial charge on any atom is 0.268 e. The van der Waals surface area contributed by atoms with E-state index in [1.165, 1.54) is 205 Å². The molecule has 0 spiro atoms. The summed E-state index contributed by atoms with van der Waals surface area (Å²) >= 11 is 0. The highest BCUT2D eigenvalue weighted by Crippen LogP contribution is 2.38. The minimum absolute atomic E-state index is 0.0119. The first-order valence-electron chi connectivity index (χ1n) is 32.1. The third-order valence-electron chi connectivity index (χ3n) is 14.5. The van der Waals surface area contributed by atoms with Crippen LogP contribution in [0.5, 0.6) is 0 Å². The first-order chi connectivity index (χ1) is 36.5. The average Bonchev–Trinajstić information content (AvgIpc) is 3.37. The Labute approximate surface area is 466 Å². The highest BCUT2D eigenvalue weighted by molar-refractivity contribution is 7.45. The molecule has 0 fully saturated rings. The smallest absolute Gasteiger partial charge is 0.268 e. The highest BCUT2D eigenvalue weighted by Gasteiger charge is 2.24. The van der Waals surface area contributed by atoms with Crippen molar-refractivity contribution < 1.29 is 32.9 Å². The van der Waals surface area contributed by atoms with Gasteiger partial charge in [0.15, 0.2) is 0 Å². The number of amides is 1. The van der Waals surface area contributed by atoms with Gasteiger partial charge in [0.05, 0.1) is 39.9 Å². The minimum Gasteiger partial charge on any atom is -0.756 e. The van der Waals surface area contributed by atoms with Crippen LogP contribution < -0.4 is 10.2 Å². The van der Waals surface area contributed by atoms with Gasteiger partial charge in [-0.15, -0.1) is 0 Å². The molecule has 3 unspecified atom stereocenters. The van der Waals surface area contributed by atoms with Crippen molar-refractivity contribution in [3.05, 3.63) is 60.8 Å². The molecule has 0 aromatic carbocycles. The number of hydrogen-bond donors (Lipinski definition) is 2. The Bertz CT molecular complexity index is 1400. The number of unbranched alkanes of at least 4 members (excludes halogenated alkanes) is 36. The second kappa shape index (κ2) is 56.9. The Balaban J connectivity index is 4.07. The van der Waals surface area contributed by atoms with Crippen LogP contribution in [0.25, 0.3) is 0 Å². The standard InChI is InChI=1S/C66H125N2O6P/c1-6-8-10-12-14-16-18-20-22-24-26-28-30-31-32-33-34-35-36-37-38-40-42-44-46-48-50-52-54-56-58-60-66(70)67-64(63-74-75(71,72)73-62-61-68(3,4)5)65(69)59-57-55-53-51-49-47-45-43-41-39-29-27-25-23-21-19-17-15-13-11-9-7-2/h8,10,14,16,20,22,26,28,31-32,64-65,69H,6-7,9,11-13,15,17-19,21,23-25,27,29-30,33-63H2,1-5H3,(H-,67,70,71,72)/b10-8-,16-14-,22-20-,28-26-,32-31-. The van der Waals surface area contributed by atoms with E-state index in [9.17, 15) is 19.4 Å². The van der Waals surface area contributed by atoms with Gasteiger partial charge in [-0.1, -0.05) is 299 Å². The Morgan fingerprint density at radius 3 is 1.19 bits per heavy atom. The van der Waals surface area contributed by atoms with Crippen molar-refractivity contribution >= 4 is 13.7 Å². The number of carbonyl (C=O) groups excluding carboxylic acids is 1. The first kappa shape index (κ1) is 73.2. The molecular weight excluding hydrogens is 948 g/mol. The molecule has 0 aliphatic rings. The van der Waals surface area contributed by atoms with Gasteiger partial charge in [-0.25, -0.2) is 0 Å². The Morgan fingerprint density at radius 1 is 0.480 bits per heavy atom. The summed E-state index contributed by atoms with van der Waals surface area (Å²) in [7, 11) is 1.31. The SMILES string of the molecule is CC/C=C\C/C=C\C/C=C\C/C=C\C/C=C\CCCCCCCCCCCCCCCCCC(=O)NC(COP(=O)([O-])OCC[N+](C)(C)C)C(O)CCCCCCCCCCCCCCCCCCCCCCCC. The predicted molar refractivity (Wildman–Crippen MR) is 325 cm³/mol. The van der Waals surface area contributed by atoms with Crippen molar-refractivity contribution in [2.45, 2.75) is 315 Å². The largest absolute Gasteiger partial charge is 0.756 e. The van der Waals surface area contributed by atoms with Crippen LogP contribution in [-0.2, 0) is 18.4 Å². The molecule has 0 aliphatic heterocycles. The second-order valence-corrected chi connectivity index (χ2v) is 24.5. The van der Waals surface area contributed by atoms with Gasteiger partial charge in [-0.2, -0.15) is 0 Å². The van der Waals surface area contributed by atoms with Crippen molar-refractivity contribution in [2.75, 3.05) is 40.9 Å². The molecule has 0 aromatic rings. The molecular formula is C66H125N2O6P. The summed E-state index contributed by atoms with van der Waals surface area (Å²) < 4.78 is 23.5. The summed E-state index contributed by atoms with van der Waals surface area (Å²) in [6, 6.07) is -0.803. The first-order valence-corrected chi connectivity index (χ1v) is 33.6. The lowest BCUT2D eigenvalue weighted by atomic mass is 10.0. The summed E-state index contributed by atoms with van der Waals surface area (Å²) in [4.78, 5) is 25.6. The molecule has 0 rings (SSSR count). The molecule has 0 saturated heterocycles. The molecule has 75 heavy (non-hydrogen) atoms. The fraction of sp³-hybridized carbons (Fsp3) is 0.833. The number of carbonyl (C=O) groups is 1. The zero-order chi connectivity index (χ0) is 54.9. The fourth-order valence-corrected chi connectivity index (χ4v) is 10.3. The molecule has 0 aromatic heterocycles. The van der Waals surface area contributed by atoms with E-state index in [4.69, 9.17) is 9.05 Å². The van der Waals surface area contributed by atoms with Gasteiger partial charge in [-0.05, 0) is 57.8 Å². The minimum atomic E-state index is -4.58. The number of allylic oxidation sites excluding steroid dienone is 10. The number of aliphatic hydroxyl groups is 1. The Hall–Kier alpha value is -1.80. The van der Waals surface area contributed by atoms with Gasteiger partial charge in [0, 0.05) is 6.42 Å². The van der Waals surface area contributed by atoms with Gasteiger partial charge >= 0.3 is 0 Å². The summed E-state index contributed by atoms with van der Waals surface area (Å²) in [5.41, 5.74) is 0. The Kier molecular flexibility index (Phi) is 55.5. The van der Waals surface area contributed by atoms with Crippen LogP contribution in [0.3, 0.4) is 0 Å². The zero-order valence-electron chi connectivity index (χ0n) is 50.3. The molecule has 0 radical (unpaired) electrons. The van der Waals surface area contributed by atoms with Gasteiger partial charge in [0.25, 0.3) is 7.82 Å². The lowest BCUT2D eigenvalue weighted by molar-refractivity contribution is -0.870. The number of likely N-dealkylation sites (N-methyl/N-ethyl adjacent to an activating group) is 1. The van der Waals surface area contributed by atoms with Crippen molar-refractivity contribution in [1.82, 2.24) is 5.32 Å². The lowest BCUT2D eigenvalue weighted by Gasteiger charge is -2.30. The lowest BCUT2D eigenvalue weighted by Crippen LogP contribution is -2.46. The molecule has 0 saturated carbocycles. The number of phosphoric acid groups is 1. The fourth-order valence-electron chi connectivity index (χ4n) is 9.54.